The second kappa shape index (κ2) is 6.15. The number of rotatable bonds is 5. The molecule has 0 saturated heterocycles. The van der Waals surface area contributed by atoms with Crippen molar-refractivity contribution in [3.63, 3.8) is 0 Å². The van der Waals surface area contributed by atoms with Crippen molar-refractivity contribution < 1.29 is 9.84 Å². The van der Waals surface area contributed by atoms with E-state index in [9.17, 15) is 5.11 Å². The van der Waals surface area contributed by atoms with Gasteiger partial charge >= 0.3 is 0 Å². The largest absolute Gasteiger partial charge is 0.399 e. The molecule has 0 radical (unpaired) electrons. The van der Waals surface area contributed by atoms with Gasteiger partial charge in [0.2, 0.25) is 0 Å². The van der Waals surface area contributed by atoms with E-state index in [1.807, 2.05) is 0 Å². The van der Waals surface area contributed by atoms with Crippen LogP contribution in [0.5, 0.6) is 0 Å². The third-order valence-corrected chi connectivity index (χ3v) is 2.53. The third-order valence-electron chi connectivity index (χ3n) is 1.94. The zero-order valence-corrected chi connectivity index (χ0v) is 10.3. The van der Waals surface area contributed by atoms with Crippen LogP contribution in [0.4, 0.5) is 11.4 Å². The maximum Gasteiger partial charge on any atom is 0.0945 e. The number of nitrogens with two attached hydrogens (primary N) is 1. The molecular weight excluding hydrogens is 251 g/mol. The van der Waals surface area contributed by atoms with Crippen LogP contribution in [-0.4, -0.2) is 31.5 Å². The lowest BCUT2D eigenvalue weighted by Gasteiger charge is -2.14. The van der Waals surface area contributed by atoms with Gasteiger partial charge in [0.15, 0.2) is 0 Å². The second-order valence-electron chi connectivity index (χ2n) is 3.35. The van der Waals surface area contributed by atoms with Crippen LogP contribution in [0.25, 0.3) is 0 Å². The predicted molar refractivity (Wildman–Crippen MR) is 67.2 cm³/mol. The van der Waals surface area contributed by atoms with Gasteiger partial charge in [-0.1, -0.05) is 23.2 Å². The smallest absolute Gasteiger partial charge is 0.0945 e. The summed E-state index contributed by atoms with van der Waals surface area (Å²) in [5.41, 5.74) is 6.63. The van der Waals surface area contributed by atoms with Crippen molar-refractivity contribution in [1.82, 2.24) is 0 Å². The first-order valence-corrected chi connectivity index (χ1v) is 5.45. The number of nitrogen functional groups attached to an aromatic ring is 1. The van der Waals surface area contributed by atoms with Crippen molar-refractivity contribution in [2.24, 2.45) is 0 Å². The summed E-state index contributed by atoms with van der Waals surface area (Å²) >= 11 is 11.9. The quantitative estimate of drug-likeness (QED) is 0.712. The number of aliphatic hydroxyl groups is 1. The molecule has 6 heteroatoms. The molecule has 1 unspecified atom stereocenters. The van der Waals surface area contributed by atoms with Crippen LogP contribution in [0.3, 0.4) is 0 Å². The van der Waals surface area contributed by atoms with Gasteiger partial charge in [-0.2, -0.15) is 0 Å². The number of anilines is 2. The molecule has 0 amide bonds. The Labute approximate surface area is 104 Å². The summed E-state index contributed by atoms with van der Waals surface area (Å²) in [5.74, 6) is 0. The van der Waals surface area contributed by atoms with Gasteiger partial charge in [-0.3, -0.25) is 0 Å². The fraction of sp³-hybridized carbons (Fsp3) is 0.400. The van der Waals surface area contributed by atoms with E-state index < -0.39 is 6.10 Å². The first-order valence-electron chi connectivity index (χ1n) is 4.70. The molecule has 0 saturated carbocycles. The van der Waals surface area contributed by atoms with Crippen molar-refractivity contribution in [2.75, 3.05) is 31.3 Å². The van der Waals surface area contributed by atoms with Crippen molar-refractivity contribution in [3.05, 3.63) is 22.2 Å². The van der Waals surface area contributed by atoms with Crippen LogP contribution >= 0.6 is 23.2 Å². The van der Waals surface area contributed by atoms with Gasteiger partial charge in [-0.05, 0) is 12.1 Å². The Kier molecular flexibility index (Phi) is 5.15. The lowest BCUT2D eigenvalue weighted by molar-refractivity contribution is 0.0727. The SMILES string of the molecule is COCC(O)CNc1c(Cl)cc(N)cc1Cl. The number of methoxy groups -OCH3 is 1. The zero-order chi connectivity index (χ0) is 12.1. The highest BCUT2D eigenvalue weighted by atomic mass is 35.5. The van der Waals surface area contributed by atoms with Crippen molar-refractivity contribution >= 4 is 34.6 Å². The first kappa shape index (κ1) is 13.4. The zero-order valence-electron chi connectivity index (χ0n) is 8.84. The molecule has 1 aromatic carbocycles. The molecule has 90 valence electrons. The molecule has 0 aromatic heterocycles. The van der Waals surface area contributed by atoms with Crippen LogP contribution in [0, 0.1) is 0 Å². The maximum atomic E-state index is 9.45. The van der Waals surface area contributed by atoms with E-state index in [-0.39, 0.29) is 6.61 Å². The van der Waals surface area contributed by atoms with E-state index in [2.05, 4.69) is 5.32 Å². The number of benzene rings is 1. The molecule has 4 nitrogen and oxygen atoms in total. The van der Waals surface area contributed by atoms with E-state index in [1.165, 1.54) is 7.11 Å². The van der Waals surface area contributed by atoms with Gasteiger partial charge < -0.3 is 20.9 Å². The first-order chi connectivity index (χ1) is 7.54. The van der Waals surface area contributed by atoms with E-state index in [0.29, 0.717) is 28.0 Å². The summed E-state index contributed by atoms with van der Waals surface area (Å²) in [7, 11) is 1.52. The Morgan fingerprint density at radius 1 is 1.44 bits per heavy atom. The van der Waals surface area contributed by atoms with Gasteiger partial charge in [-0.25, -0.2) is 0 Å². The Hall–Kier alpha value is -0.680. The third kappa shape index (κ3) is 3.72. The van der Waals surface area contributed by atoms with Gasteiger partial charge in [-0.15, -0.1) is 0 Å². The minimum absolute atomic E-state index is 0.247. The average molecular weight is 265 g/mol. The highest BCUT2D eigenvalue weighted by Gasteiger charge is 2.09. The van der Waals surface area contributed by atoms with Gasteiger partial charge in [0.25, 0.3) is 0 Å². The highest BCUT2D eigenvalue weighted by molar-refractivity contribution is 6.39. The van der Waals surface area contributed by atoms with Crippen molar-refractivity contribution in [2.45, 2.75) is 6.10 Å². The molecule has 0 aliphatic heterocycles. The van der Waals surface area contributed by atoms with Crippen molar-refractivity contribution in [3.8, 4) is 0 Å². The molecule has 4 N–H and O–H groups in total. The minimum Gasteiger partial charge on any atom is -0.399 e. The number of hydrogen-bond donors (Lipinski definition) is 3. The van der Waals surface area contributed by atoms with Gasteiger partial charge in [0.1, 0.15) is 0 Å². The molecule has 1 aromatic rings. The van der Waals surface area contributed by atoms with E-state index in [0.717, 1.165) is 0 Å². The number of nitrogens with one attached hydrogen (secondary N) is 1. The summed E-state index contributed by atoms with van der Waals surface area (Å²) in [6.07, 6.45) is -0.616. The lowest BCUT2D eigenvalue weighted by Crippen LogP contribution is -2.24. The molecule has 1 rings (SSSR count). The molecule has 16 heavy (non-hydrogen) atoms. The van der Waals surface area contributed by atoms with E-state index in [1.54, 1.807) is 12.1 Å². The normalized spacial score (nSPS) is 12.5. The number of ether oxygens (including phenoxy) is 1. The molecular formula is C10H14Cl2N2O2. The fourth-order valence-electron chi connectivity index (χ4n) is 1.23. The topological polar surface area (TPSA) is 67.5 Å². The van der Waals surface area contributed by atoms with E-state index in [4.69, 9.17) is 33.7 Å². The van der Waals surface area contributed by atoms with Gasteiger partial charge in [0.05, 0.1) is 28.4 Å². The summed E-state index contributed by atoms with van der Waals surface area (Å²) in [6, 6.07) is 3.19. The Balaban J connectivity index is 2.67. The Morgan fingerprint density at radius 3 is 2.50 bits per heavy atom. The van der Waals surface area contributed by atoms with Gasteiger partial charge in [0, 0.05) is 19.3 Å². The molecule has 0 aliphatic rings. The van der Waals surface area contributed by atoms with Crippen LogP contribution in [-0.2, 0) is 4.74 Å². The summed E-state index contributed by atoms with van der Waals surface area (Å²) in [5, 5.41) is 13.2. The monoisotopic (exact) mass is 264 g/mol. The Morgan fingerprint density at radius 2 is 2.00 bits per heavy atom. The lowest BCUT2D eigenvalue weighted by atomic mass is 10.2. The number of aliphatic hydroxyl groups excluding tert-OH is 1. The number of hydrogen-bond acceptors (Lipinski definition) is 4. The van der Waals surface area contributed by atoms with Crippen molar-refractivity contribution in [1.29, 1.82) is 0 Å². The van der Waals surface area contributed by atoms with Crippen LogP contribution in [0.2, 0.25) is 10.0 Å². The number of halogens is 2. The summed E-state index contributed by atoms with van der Waals surface area (Å²) in [4.78, 5) is 0. The fourth-order valence-corrected chi connectivity index (χ4v) is 1.87. The molecule has 1 atom stereocenters. The minimum atomic E-state index is -0.616. The van der Waals surface area contributed by atoms with Crippen LogP contribution in [0.1, 0.15) is 0 Å². The molecule has 0 fully saturated rings. The van der Waals surface area contributed by atoms with E-state index >= 15 is 0 Å². The average Bonchev–Trinajstić information content (AvgIpc) is 2.16. The molecule has 0 spiro atoms. The van der Waals surface area contributed by atoms with Crippen LogP contribution in [0.15, 0.2) is 12.1 Å². The maximum absolute atomic E-state index is 9.45. The molecule has 0 bridgehead atoms. The summed E-state index contributed by atoms with van der Waals surface area (Å²) in [6.45, 7) is 0.550. The second-order valence-corrected chi connectivity index (χ2v) is 4.16. The molecule has 0 aliphatic carbocycles. The standard InChI is InChI=1S/C10H14Cl2N2O2/c1-16-5-7(15)4-14-10-8(11)2-6(13)3-9(10)12/h2-3,7,14-15H,4-5,13H2,1H3. The summed E-state index contributed by atoms with van der Waals surface area (Å²) < 4.78 is 4.80. The Bertz CT molecular complexity index is 338. The predicted octanol–water partition coefficient (Wildman–Crippen LogP) is 1.99. The van der Waals surface area contributed by atoms with Crippen LogP contribution < -0.4 is 11.1 Å². The molecule has 0 heterocycles. The highest BCUT2D eigenvalue weighted by Crippen LogP contribution is 2.32.